The summed E-state index contributed by atoms with van der Waals surface area (Å²) in [7, 11) is 1.91. The Kier molecular flexibility index (Phi) is 4.07. The second-order valence-corrected chi connectivity index (χ2v) is 7.31. The van der Waals surface area contributed by atoms with Gasteiger partial charge in [-0.05, 0) is 36.1 Å². The standard InChI is InChI=1S/C19H23FN4O/c1-23-13-15(11-21-23)17-10-18(25)22-19(17)6-8-24(9-7-19)12-14-2-4-16(20)5-3-14/h2-5,11,13,17H,6-10,12H2,1H3,(H,22,25)/t17-/m1/s1. The number of carbonyl (C=O) groups excluding carboxylic acids is 1. The SMILES string of the molecule is Cn1cc([C@H]2CC(=O)NC23CCN(Cc2ccc(F)cc2)CC3)cn1. The fraction of sp³-hybridized carbons (Fsp3) is 0.474. The Balaban J connectivity index is 1.45. The van der Waals surface area contributed by atoms with Gasteiger partial charge in [0.1, 0.15) is 5.82 Å². The number of hydrogen-bond acceptors (Lipinski definition) is 3. The van der Waals surface area contributed by atoms with Crippen LogP contribution in [0.2, 0.25) is 0 Å². The van der Waals surface area contributed by atoms with Crippen molar-refractivity contribution in [3.8, 4) is 0 Å². The van der Waals surface area contributed by atoms with E-state index in [0.29, 0.717) is 6.42 Å². The first kappa shape index (κ1) is 16.3. The fourth-order valence-electron chi connectivity index (χ4n) is 4.29. The van der Waals surface area contributed by atoms with Crippen LogP contribution in [0.25, 0.3) is 0 Å². The summed E-state index contributed by atoms with van der Waals surface area (Å²) < 4.78 is 14.8. The molecular weight excluding hydrogens is 319 g/mol. The van der Waals surface area contributed by atoms with Crippen molar-refractivity contribution < 1.29 is 9.18 Å². The van der Waals surface area contributed by atoms with Crippen LogP contribution in [0.5, 0.6) is 0 Å². The zero-order chi connectivity index (χ0) is 17.4. The Morgan fingerprint density at radius 2 is 2.00 bits per heavy atom. The quantitative estimate of drug-likeness (QED) is 0.930. The number of benzene rings is 1. The number of aromatic nitrogens is 2. The number of hydrogen-bond donors (Lipinski definition) is 1. The van der Waals surface area contributed by atoms with Crippen molar-refractivity contribution in [2.24, 2.45) is 7.05 Å². The second-order valence-electron chi connectivity index (χ2n) is 7.31. The van der Waals surface area contributed by atoms with Gasteiger partial charge in [-0.1, -0.05) is 12.1 Å². The van der Waals surface area contributed by atoms with Gasteiger partial charge in [0.25, 0.3) is 0 Å². The van der Waals surface area contributed by atoms with Crippen LogP contribution >= 0.6 is 0 Å². The molecule has 132 valence electrons. The number of piperidine rings is 1. The van der Waals surface area contributed by atoms with Crippen molar-refractivity contribution >= 4 is 5.91 Å². The molecule has 1 atom stereocenters. The Morgan fingerprint density at radius 3 is 2.64 bits per heavy atom. The van der Waals surface area contributed by atoms with Gasteiger partial charge in [-0.2, -0.15) is 5.10 Å². The first-order valence-corrected chi connectivity index (χ1v) is 8.80. The minimum absolute atomic E-state index is 0.140. The van der Waals surface area contributed by atoms with Gasteiger partial charge in [0.15, 0.2) is 0 Å². The molecule has 1 amide bonds. The number of carbonyl (C=O) groups is 1. The van der Waals surface area contributed by atoms with Crippen LogP contribution in [0.4, 0.5) is 4.39 Å². The number of rotatable bonds is 3. The molecule has 2 aliphatic heterocycles. The molecule has 0 saturated carbocycles. The third-order valence-electron chi connectivity index (χ3n) is 5.64. The van der Waals surface area contributed by atoms with Gasteiger partial charge < -0.3 is 5.32 Å². The van der Waals surface area contributed by atoms with E-state index in [-0.39, 0.29) is 23.2 Å². The average Bonchev–Trinajstić information content (AvgIpc) is 3.15. The molecule has 1 N–H and O–H groups in total. The van der Waals surface area contributed by atoms with Crippen LogP contribution in [0.15, 0.2) is 36.7 Å². The van der Waals surface area contributed by atoms with E-state index in [1.54, 1.807) is 4.68 Å². The van der Waals surface area contributed by atoms with Gasteiger partial charge in [-0.25, -0.2) is 4.39 Å². The lowest BCUT2D eigenvalue weighted by molar-refractivity contribution is -0.120. The van der Waals surface area contributed by atoms with Crippen molar-refractivity contribution in [2.45, 2.75) is 37.3 Å². The molecule has 0 radical (unpaired) electrons. The molecule has 0 bridgehead atoms. The van der Waals surface area contributed by atoms with Gasteiger partial charge in [0.05, 0.1) is 6.20 Å². The van der Waals surface area contributed by atoms with E-state index >= 15 is 0 Å². The van der Waals surface area contributed by atoms with Crippen molar-refractivity contribution in [1.29, 1.82) is 0 Å². The monoisotopic (exact) mass is 342 g/mol. The van der Waals surface area contributed by atoms with Gasteiger partial charge >= 0.3 is 0 Å². The maximum Gasteiger partial charge on any atom is 0.221 e. The summed E-state index contributed by atoms with van der Waals surface area (Å²) in [4.78, 5) is 14.5. The van der Waals surface area contributed by atoms with E-state index in [9.17, 15) is 9.18 Å². The largest absolute Gasteiger partial charge is 0.350 e. The molecule has 3 heterocycles. The minimum Gasteiger partial charge on any atom is -0.350 e. The Morgan fingerprint density at radius 1 is 1.28 bits per heavy atom. The average molecular weight is 342 g/mol. The predicted molar refractivity (Wildman–Crippen MR) is 92.4 cm³/mol. The van der Waals surface area contributed by atoms with E-state index < -0.39 is 0 Å². The third-order valence-corrected chi connectivity index (χ3v) is 5.64. The summed E-state index contributed by atoms with van der Waals surface area (Å²) in [6.45, 7) is 2.67. The highest BCUT2D eigenvalue weighted by Crippen LogP contribution is 2.43. The van der Waals surface area contributed by atoms with Crippen LogP contribution in [0.1, 0.15) is 36.3 Å². The Bertz CT molecular complexity index is 762. The highest BCUT2D eigenvalue weighted by molar-refractivity contribution is 5.81. The molecular formula is C19H23FN4O. The number of aryl methyl sites for hydroxylation is 1. The molecule has 5 nitrogen and oxygen atoms in total. The zero-order valence-corrected chi connectivity index (χ0v) is 14.4. The van der Waals surface area contributed by atoms with E-state index in [1.807, 2.05) is 31.6 Å². The highest BCUT2D eigenvalue weighted by Gasteiger charge is 2.48. The lowest BCUT2D eigenvalue weighted by Gasteiger charge is -2.42. The van der Waals surface area contributed by atoms with E-state index in [1.165, 1.54) is 12.1 Å². The molecule has 1 aromatic carbocycles. The zero-order valence-electron chi connectivity index (χ0n) is 14.4. The number of nitrogens with zero attached hydrogens (tertiary/aromatic N) is 3. The molecule has 25 heavy (non-hydrogen) atoms. The number of amides is 1. The van der Waals surface area contributed by atoms with Crippen LogP contribution in [0.3, 0.4) is 0 Å². The summed E-state index contributed by atoms with van der Waals surface area (Å²) in [6, 6.07) is 6.71. The van der Waals surface area contributed by atoms with Crippen molar-refractivity contribution in [2.75, 3.05) is 13.1 Å². The Labute approximate surface area is 146 Å². The van der Waals surface area contributed by atoms with Gasteiger partial charge in [-0.15, -0.1) is 0 Å². The molecule has 0 aliphatic carbocycles. The number of halogens is 1. The highest BCUT2D eigenvalue weighted by atomic mass is 19.1. The topological polar surface area (TPSA) is 50.2 Å². The molecule has 4 rings (SSSR count). The van der Waals surface area contributed by atoms with Crippen LogP contribution in [0, 0.1) is 5.82 Å². The summed E-state index contributed by atoms with van der Waals surface area (Å²) >= 11 is 0. The molecule has 1 spiro atoms. The smallest absolute Gasteiger partial charge is 0.221 e. The molecule has 1 aromatic heterocycles. The van der Waals surface area contributed by atoms with Gasteiger partial charge in [0, 0.05) is 50.8 Å². The molecule has 0 unspecified atom stereocenters. The first-order chi connectivity index (χ1) is 12.0. The number of likely N-dealkylation sites (tertiary alicyclic amines) is 1. The van der Waals surface area contributed by atoms with Gasteiger partial charge in [-0.3, -0.25) is 14.4 Å². The van der Waals surface area contributed by atoms with Crippen molar-refractivity contribution in [3.63, 3.8) is 0 Å². The van der Waals surface area contributed by atoms with Crippen LogP contribution in [-0.2, 0) is 18.4 Å². The van der Waals surface area contributed by atoms with Crippen molar-refractivity contribution in [1.82, 2.24) is 20.0 Å². The molecule has 6 heteroatoms. The van der Waals surface area contributed by atoms with Gasteiger partial charge in [0.2, 0.25) is 5.91 Å². The minimum atomic E-state index is -0.200. The van der Waals surface area contributed by atoms with E-state index in [0.717, 1.165) is 43.6 Å². The predicted octanol–water partition coefficient (Wildman–Crippen LogP) is 2.20. The molecule has 2 aromatic rings. The maximum atomic E-state index is 13.0. The van der Waals surface area contributed by atoms with E-state index in [4.69, 9.17) is 0 Å². The third kappa shape index (κ3) is 3.18. The lowest BCUT2D eigenvalue weighted by atomic mass is 9.75. The van der Waals surface area contributed by atoms with E-state index in [2.05, 4.69) is 15.3 Å². The van der Waals surface area contributed by atoms with Crippen LogP contribution in [-0.4, -0.2) is 39.2 Å². The summed E-state index contributed by atoms with van der Waals surface area (Å²) in [5.41, 5.74) is 2.11. The Hall–Kier alpha value is -2.21. The second kappa shape index (κ2) is 6.26. The molecule has 2 saturated heterocycles. The summed E-state index contributed by atoms with van der Waals surface area (Å²) in [6.07, 6.45) is 6.32. The lowest BCUT2D eigenvalue weighted by Crippen LogP contribution is -2.53. The fourth-order valence-corrected chi connectivity index (χ4v) is 4.29. The number of nitrogens with one attached hydrogen (secondary N) is 1. The maximum absolute atomic E-state index is 13.0. The molecule has 2 fully saturated rings. The normalized spacial score (nSPS) is 23.1. The van der Waals surface area contributed by atoms with Crippen molar-refractivity contribution in [3.05, 3.63) is 53.6 Å². The van der Waals surface area contributed by atoms with Crippen LogP contribution < -0.4 is 5.32 Å². The summed E-state index contributed by atoms with van der Waals surface area (Å²) in [5, 5.41) is 7.55. The first-order valence-electron chi connectivity index (χ1n) is 8.80. The molecule has 2 aliphatic rings. The summed E-state index contributed by atoms with van der Waals surface area (Å²) in [5.74, 6) is 0.136.